The molecule has 0 saturated heterocycles. The molecule has 0 fully saturated rings. The number of rotatable bonds is 13. The molecule has 11 heteroatoms. The lowest BCUT2D eigenvalue weighted by Crippen LogP contribution is -2.14. The van der Waals surface area contributed by atoms with Gasteiger partial charge in [0, 0.05) is 39.5 Å². The van der Waals surface area contributed by atoms with Gasteiger partial charge in [0.05, 0.1) is 33.3 Å². The van der Waals surface area contributed by atoms with E-state index in [9.17, 15) is 0 Å². The number of benzene rings is 5. The minimum atomic E-state index is 0.0355. The van der Waals surface area contributed by atoms with E-state index < -0.39 is 0 Å². The summed E-state index contributed by atoms with van der Waals surface area (Å²) in [5, 5.41) is 26.6. The average Bonchev–Trinajstić information content (AvgIpc) is 3.59. The van der Waals surface area contributed by atoms with E-state index >= 15 is 0 Å². The third-order valence-corrected chi connectivity index (χ3v) is 8.65. The van der Waals surface area contributed by atoms with Crippen LogP contribution in [0.1, 0.15) is 25.1 Å². The molecule has 238 valence electrons. The summed E-state index contributed by atoms with van der Waals surface area (Å²) in [6.07, 6.45) is 4.17. The second-order valence-corrected chi connectivity index (χ2v) is 12.1. The van der Waals surface area contributed by atoms with Crippen molar-refractivity contribution in [2.24, 2.45) is 0 Å². The highest BCUT2D eigenvalue weighted by Crippen LogP contribution is 2.33. The lowest BCUT2D eigenvalue weighted by atomic mass is 10.1. The van der Waals surface area contributed by atoms with Crippen LogP contribution in [0.25, 0.3) is 27.6 Å². The number of thiazole rings is 1. The first kappa shape index (κ1) is 31.5. The van der Waals surface area contributed by atoms with Gasteiger partial charge in [-0.1, -0.05) is 66.8 Å². The molecule has 5 aromatic carbocycles. The summed E-state index contributed by atoms with van der Waals surface area (Å²) >= 11 is 1.33. The number of nitrogens with zero attached hydrogens (tertiary/aromatic N) is 3. The Labute approximate surface area is 283 Å². The van der Waals surface area contributed by atoms with E-state index in [1.807, 2.05) is 54.6 Å². The van der Waals surface area contributed by atoms with Crippen LogP contribution in [0.15, 0.2) is 109 Å². The van der Waals surface area contributed by atoms with Crippen molar-refractivity contribution < 1.29 is 0 Å². The fraction of sp³-hybridized carbons (Fsp3) is 0.108. The van der Waals surface area contributed by atoms with Gasteiger partial charge in [-0.2, -0.15) is 10.5 Å². The molecule has 0 saturated carbocycles. The Hall–Kier alpha value is -6.43. The smallest absolute Gasteiger partial charge is 0.202 e. The zero-order chi connectivity index (χ0) is 33.3. The molecule has 0 bridgehead atoms. The van der Waals surface area contributed by atoms with E-state index in [1.54, 1.807) is 6.20 Å². The molecular weight excluding hydrogens is 617 g/mol. The molecule has 1 unspecified atom stereocenters. The maximum Gasteiger partial charge on any atom is 0.202 e. The van der Waals surface area contributed by atoms with E-state index in [0.29, 0.717) is 16.1 Å². The Morgan fingerprint density at radius 2 is 1.12 bits per heavy atom. The quantitative estimate of drug-likeness (QED) is 0.0477. The van der Waals surface area contributed by atoms with Crippen LogP contribution in [-0.4, -0.2) is 11.0 Å². The second kappa shape index (κ2) is 14.8. The van der Waals surface area contributed by atoms with Crippen LogP contribution in [-0.2, 0) is 0 Å². The standard InChI is InChI=1S/C37H34N10S/c1-3-24(2)41-33-16-17-35(30-9-5-4-8-29(30)33)45-46-36-19-18-34(31-10-6-7-11-32(31)36)44-42-26-12-14-27(15-13-26)43-47-37-40-23-28(48-37)20-25(21-38)22-39/h4-20,23-24,41-46H,3H2,1-2H3,(H,40,47). The number of allylic oxidation sites excluding steroid dienone is 1. The first-order valence-electron chi connectivity index (χ1n) is 15.5. The van der Waals surface area contributed by atoms with Gasteiger partial charge < -0.3 is 27.0 Å². The van der Waals surface area contributed by atoms with Crippen LogP contribution in [0, 0.1) is 22.7 Å². The van der Waals surface area contributed by atoms with Crippen molar-refractivity contribution in [3.63, 3.8) is 0 Å². The van der Waals surface area contributed by atoms with Crippen molar-refractivity contribution in [2.75, 3.05) is 37.9 Å². The summed E-state index contributed by atoms with van der Waals surface area (Å²) in [5.74, 6) is 0. The second-order valence-electron chi connectivity index (χ2n) is 11.0. The van der Waals surface area contributed by atoms with Gasteiger partial charge in [-0.3, -0.25) is 10.9 Å². The zero-order valence-electron chi connectivity index (χ0n) is 26.4. The molecule has 0 aliphatic carbocycles. The third-order valence-electron chi connectivity index (χ3n) is 7.79. The maximum absolute atomic E-state index is 8.94. The maximum atomic E-state index is 8.94. The monoisotopic (exact) mass is 650 g/mol. The fourth-order valence-corrected chi connectivity index (χ4v) is 5.81. The van der Waals surface area contributed by atoms with E-state index in [1.165, 1.54) is 22.8 Å². The lowest BCUT2D eigenvalue weighted by Gasteiger charge is -2.19. The molecule has 0 aliphatic rings. The zero-order valence-corrected chi connectivity index (χ0v) is 27.2. The Bertz CT molecular complexity index is 2140. The number of hydrazine groups is 3. The molecule has 1 heterocycles. The number of aromatic nitrogens is 1. The number of anilines is 7. The van der Waals surface area contributed by atoms with Crippen LogP contribution in [0.5, 0.6) is 0 Å². The summed E-state index contributed by atoms with van der Waals surface area (Å²) < 4.78 is 0. The molecule has 0 radical (unpaired) electrons. The predicted molar refractivity (Wildman–Crippen MR) is 201 cm³/mol. The van der Waals surface area contributed by atoms with Crippen molar-refractivity contribution in [2.45, 2.75) is 26.3 Å². The summed E-state index contributed by atoms with van der Waals surface area (Å²) in [6, 6.07) is 36.9. The van der Waals surface area contributed by atoms with Gasteiger partial charge in [0.1, 0.15) is 17.7 Å². The number of hydrogen-bond donors (Lipinski definition) is 7. The average molecular weight is 651 g/mol. The predicted octanol–water partition coefficient (Wildman–Crippen LogP) is 9.41. The normalized spacial score (nSPS) is 11.1. The molecular formula is C37H34N10S. The van der Waals surface area contributed by atoms with Crippen molar-refractivity contribution in [3.8, 4) is 12.1 Å². The van der Waals surface area contributed by atoms with Crippen molar-refractivity contribution in [3.05, 3.63) is 114 Å². The van der Waals surface area contributed by atoms with Gasteiger partial charge in [0.15, 0.2) is 0 Å². The Morgan fingerprint density at radius 1 is 0.667 bits per heavy atom. The molecule has 0 amide bonds. The summed E-state index contributed by atoms with van der Waals surface area (Å²) in [4.78, 5) is 4.98. The first-order valence-corrected chi connectivity index (χ1v) is 16.3. The van der Waals surface area contributed by atoms with E-state index in [-0.39, 0.29) is 5.57 Å². The highest BCUT2D eigenvalue weighted by molar-refractivity contribution is 7.16. The SMILES string of the molecule is CCC(C)Nc1ccc(NNc2ccc(NNc3ccc(NNc4ncc(C=C(C#N)C#N)s4)cc3)c3ccccc23)c2ccccc12. The molecule has 6 rings (SSSR count). The van der Waals surface area contributed by atoms with Crippen molar-refractivity contribution in [1.29, 1.82) is 10.5 Å². The molecule has 7 N–H and O–H groups in total. The first-order chi connectivity index (χ1) is 23.5. The van der Waals surface area contributed by atoms with E-state index in [0.717, 1.165) is 56.7 Å². The van der Waals surface area contributed by atoms with Crippen molar-refractivity contribution in [1.82, 2.24) is 4.98 Å². The van der Waals surface area contributed by atoms with Gasteiger partial charge in [0.25, 0.3) is 0 Å². The van der Waals surface area contributed by atoms with Gasteiger partial charge in [0.2, 0.25) is 5.13 Å². The Kier molecular flexibility index (Phi) is 9.71. The van der Waals surface area contributed by atoms with Crippen LogP contribution in [0.3, 0.4) is 0 Å². The van der Waals surface area contributed by atoms with Crippen molar-refractivity contribution >= 4 is 78.2 Å². The molecule has 1 atom stereocenters. The highest BCUT2D eigenvalue weighted by Gasteiger charge is 2.10. The van der Waals surface area contributed by atoms with Crippen LogP contribution in [0.2, 0.25) is 0 Å². The fourth-order valence-electron chi connectivity index (χ4n) is 5.10. The molecule has 0 spiro atoms. The third kappa shape index (κ3) is 7.34. The van der Waals surface area contributed by atoms with Crippen LogP contribution < -0.4 is 37.9 Å². The van der Waals surface area contributed by atoms with Crippen LogP contribution in [0.4, 0.5) is 39.3 Å². The topological polar surface area (TPSA) is 145 Å². The number of nitriles is 2. The minimum Gasteiger partial charge on any atom is -0.382 e. The lowest BCUT2D eigenvalue weighted by molar-refractivity contribution is 0.765. The Balaban J connectivity index is 1.09. The summed E-state index contributed by atoms with van der Waals surface area (Å²) in [6.45, 7) is 4.38. The highest BCUT2D eigenvalue weighted by atomic mass is 32.1. The molecule has 48 heavy (non-hydrogen) atoms. The van der Waals surface area contributed by atoms with Gasteiger partial charge in [-0.25, -0.2) is 4.98 Å². The van der Waals surface area contributed by atoms with E-state index in [4.69, 9.17) is 10.5 Å². The van der Waals surface area contributed by atoms with Gasteiger partial charge >= 0.3 is 0 Å². The number of fused-ring (bicyclic) bond motifs is 2. The Morgan fingerprint density at radius 3 is 1.62 bits per heavy atom. The summed E-state index contributed by atoms with van der Waals surface area (Å²) in [7, 11) is 0. The molecule has 10 nitrogen and oxygen atoms in total. The molecule has 0 aliphatic heterocycles. The van der Waals surface area contributed by atoms with Gasteiger partial charge in [-0.15, -0.1) is 0 Å². The largest absolute Gasteiger partial charge is 0.382 e. The van der Waals surface area contributed by atoms with Crippen LogP contribution >= 0.6 is 11.3 Å². The number of nitrogens with one attached hydrogen (secondary N) is 7. The molecule has 6 aromatic rings. The number of hydrogen-bond acceptors (Lipinski definition) is 11. The van der Waals surface area contributed by atoms with Gasteiger partial charge in [-0.05, 0) is 68.0 Å². The molecule has 1 aromatic heterocycles. The summed E-state index contributed by atoms with van der Waals surface area (Å²) in [5.41, 5.74) is 25.5. The minimum absolute atomic E-state index is 0.0355. The van der Waals surface area contributed by atoms with E-state index in [2.05, 4.69) is 111 Å².